The predicted octanol–water partition coefficient (Wildman–Crippen LogP) is 3.48. The molecule has 0 saturated heterocycles. The molecule has 0 nitrogen and oxygen atoms in total. The van der Waals surface area contributed by atoms with E-state index in [4.69, 9.17) is 0 Å². The van der Waals surface area contributed by atoms with E-state index in [9.17, 15) is 0 Å². The highest BCUT2D eigenvalue weighted by Gasteiger charge is 2.13. The minimum absolute atomic E-state index is 0.826. The molecule has 0 aliphatic heterocycles. The van der Waals surface area contributed by atoms with E-state index in [0.29, 0.717) is 0 Å². The quantitative estimate of drug-likeness (QED) is 0.562. The topological polar surface area (TPSA) is 0 Å². The fraction of sp³-hybridized carbons (Fsp3) is 0.455. The average Bonchev–Trinajstić information content (AvgIpc) is 2.04. The molecule has 11 heavy (non-hydrogen) atoms. The van der Waals surface area contributed by atoms with E-state index in [2.05, 4.69) is 20.1 Å². The van der Waals surface area contributed by atoms with Crippen molar-refractivity contribution in [2.24, 2.45) is 5.92 Å². The molecule has 0 aromatic carbocycles. The second kappa shape index (κ2) is 3.56. The fourth-order valence-corrected chi connectivity index (χ4v) is 1.62. The van der Waals surface area contributed by atoms with E-state index in [1.807, 2.05) is 12.2 Å². The Morgan fingerprint density at radius 1 is 1.27 bits per heavy atom. The van der Waals surface area contributed by atoms with Gasteiger partial charge in [0.05, 0.1) is 0 Å². The summed E-state index contributed by atoms with van der Waals surface area (Å²) < 4.78 is 0. The van der Waals surface area contributed by atoms with Crippen LogP contribution in [0.4, 0.5) is 0 Å². The summed E-state index contributed by atoms with van der Waals surface area (Å²) in [5, 5.41) is 0. The maximum Gasteiger partial charge on any atom is -0.0250 e. The molecule has 1 rings (SSSR count). The maximum atomic E-state index is 3.81. The van der Waals surface area contributed by atoms with Crippen LogP contribution in [-0.4, -0.2) is 0 Å². The number of hydrogen-bond acceptors (Lipinski definition) is 0. The second-order valence-corrected chi connectivity index (χ2v) is 3.31. The van der Waals surface area contributed by atoms with Crippen molar-refractivity contribution in [3.63, 3.8) is 0 Å². The molecule has 1 aliphatic carbocycles. The highest BCUT2D eigenvalue weighted by atomic mass is 14.2. The van der Waals surface area contributed by atoms with Gasteiger partial charge in [0.15, 0.2) is 0 Å². The van der Waals surface area contributed by atoms with Gasteiger partial charge in [0, 0.05) is 0 Å². The molecule has 0 fully saturated rings. The average molecular weight is 148 g/mol. The Balaban J connectivity index is 2.82. The molecule has 0 spiro atoms. The van der Waals surface area contributed by atoms with Crippen molar-refractivity contribution in [1.29, 1.82) is 0 Å². The van der Waals surface area contributed by atoms with Crippen molar-refractivity contribution in [3.05, 3.63) is 36.5 Å². The number of hydrogen-bond donors (Lipinski definition) is 0. The van der Waals surface area contributed by atoms with Gasteiger partial charge in [-0.25, -0.2) is 0 Å². The van der Waals surface area contributed by atoms with Crippen LogP contribution in [0.5, 0.6) is 0 Å². The zero-order valence-corrected chi connectivity index (χ0v) is 7.27. The van der Waals surface area contributed by atoms with Crippen molar-refractivity contribution in [2.75, 3.05) is 0 Å². The summed E-state index contributed by atoms with van der Waals surface area (Å²) in [5.41, 5.74) is 2.80. The van der Waals surface area contributed by atoms with Crippen LogP contribution < -0.4 is 0 Å². The van der Waals surface area contributed by atoms with Crippen LogP contribution in [0.1, 0.15) is 26.2 Å². The lowest BCUT2D eigenvalue weighted by atomic mass is 9.85. The molecular weight excluding hydrogens is 132 g/mol. The SMILES string of the molecule is C=CC1=C(C=C)CC(C)CC1. The van der Waals surface area contributed by atoms with Gasteiger partial charge in [-0.15, -0.1) is 0 Å². The first kappa shape index (κ1) is 8.32. The highest BCUT2D eigenvalue weighted by Crippen LogP contribution is 2.29. The largest absolute Gasteiger partial charge is 0.0988 e. The zero-order chi connectivity index (χ0) is 8.27. The summed E-state index contributed by atoms with van der Waals surface area (Å²) in [6.45, 7) is 9.91. The van der Waals surface area contributed by atoms with Crippen LogP contribution in [0, 0.1) is 5.92 Å². The summed E-state index contributed by atoms with van der Waals surface area (Å²) >= 11 is 0. The highest BCUT2D eigenvalue weighted by molar-refractivity contribution is 5.33. The molecule has 1 atom stereocenters. The van der Waals surface area contributed by atoms with Crippen LogP contribution in [-0.2, 0) is 0 Å². The molecule has 1 unspecified atom stereocenters. The van der Waals surface area contributed by atoms with Crippen molar-refractivity contribution in [1.82, 2.24) is 0 Å². The first-order chi connectivity index (χ1) is 5.27. The maximum absolute atomic E-state index is 3.81. The Morgan fingerprint density at radius 2 is 1.91 bits per heavy atom. The molecule has 0 aromatic rings. The predicted molar refractivity (Wildman–Crippen MR) is 50.4 cm³/mol. The van der Waals surface area contributed by atoms with E-state index in [-0.39, 0.29) is 0 Å². The van der Waals surface area contributed by atoms with E-state index in [0.717, 1.165) is 5.92 Å². The van der Waals surface area contributed by atoms with E-state index >= 15 is 0 Å². The van der Waals surface area contributed by atoms with Crippen molar-refractivity contribution in [2.45, 2.75) is 26.2 Å². The monoisotopic (exact) mass is 148 g/mol. The third-order valence-electron chi connectivity index (χ3n) is 2.38. The van der Waals surface area contributed by atoms with Crippen LogP contribution in [0.2, 0.25) is 0 Å². The van der Waals surface area contributed by atoms with E-state index in [1.165, 1.54) is 30.4 Å². The smallest absolute Gasteiger partial charge is 0.0250 e. The van der Waals surface area contributed by atoms with Gasteiger partial charge in [-0.05, 0) is 36.3 Å². The minimum Gasteiger partial charge on any atom is -0.0988 e. The van der Waals surface area contributed by atoms with Crippen molar-refractivity contribution in [3.8, 4) is 0 Å². The molecule has 1 aliphatic rings. The fourth-order valence-electron chi connectivity index (χ4n) is 1.62. The van der Waals surface area contributed by atoms with E-state index < -0.39 is 0 Å². The third kappa shape index (κ3) is 1.83. The molecule has 0 radical (unpaired) electrons. The van der Waals surface area contributed by atoms with Crippen LogP contribution in [0.3, 0.4) is 0 Å². The molecule has 0 bridgehead atoms. The van der Waals surface area contributed by atoms with Gasteiger partial charge in [-0.2, -0.15) is 0 Å². The van der Waals surface area contributed by atoms with Gasteiger partial charge < -0.3 is 0 Å². The number of allylic oxidation sites excluding steroid dienone is 4. The standard InChI is InChI=1S/C11H16/c1-4-10-7-6-9(3)8-11(10)5-2/h4-5,9H,1-2,6-8H2,3H3. The Bertz CT molecular complexity index is 196. The summed E-state index contributed by atoms with van der Waals surface area (Å²) in [6, 6.07) is 0. The lowest BCUT2D eigenvalue weighted by Gasteiger charge is -2.20. The first-order valence-electron chi connectivity index (χ1n) is 4.24. The zero-order valence-electron chi connectivity index (χ0n) is 7.27. The molecule has 0 heterocycles. The molecule has 60 valence electrons. The van der Waals surface area contributed by atoms with Gasteiger partial charge in [-0.3, -0.25) is 0 Å². The van der Waals surface area contributed by atoms with Gasteiger partial charge >= 0.3 is 0 Å². The van der Waals surface area contributed by atoms with Gasteiger partial charge in [-0.1, -0.05) is 32.2 Å². The summed E-state index contributed by atoms with van der Waals surface area (Å²) in [6.07, 6.45) is 7.63. The molecule has 0 amide bonds. The minimum atomic E-state index is 0.826. The Kier molecular flexibility index (Phi) is 2.70. The normalized spacial score (nSPS) is 25.0. The first-order valence-corrected chi connectivity index (χ1v) is 4.24. The molecular formula is C11H16. The van der Waals surface area contributed by atoms with Crippen LogP contribution in [0.15, 0.2) is 36.5 Å². The lowest BCUT2D eigenvalue weighted by molar-refractivity contribution is 0.507. The number of rotatable bonds is 2. The molecule has 0 aromatic heterocycles. The molecule has 0 saturated carbocycles. The molecule has 0 N–H and O–H groups in total. The second-order valence-electron chi connectivity index (χ2n) is 3.31. The van der Waals surface area contributed by atoms with Crippen LogP contribution in [0.25, 0.3) is 0 Å². The van der Waals surface area contributed by atoms with Gasteiger partial charge in [0.2, 0.25) is 0 Å². The summed E-state index contributed by atoms with van der Waals surface area (Å²) in [4.78, 5) is 0. The third-order valence-corrected chi connectivity index (χ3v) is 2.38. The Morgan fingerprint density at radius 3 is 2.45 bits per heavy atom. The van der Waals surface area contributed by atoms with Crippen molar-refractivity contribution >= 4 is 0 Å². The Labute approximate surface area is 69.3 Å². The molecule has 0 heteroatoms. The van der Waals surface area contributed by atoms with Crippen LogP contribution >= 0.6 is 0 Å². The van der Waals surface area contributed by atoms with Gasteiger partial charge in [0.1, 0.15) is 0 Å². The Hall–Kier alpha value is -0.780. The van der Waals surface area contributed by atoms with Crippen molar-refractivity contribution < 1.29 is 0 Å². The van der Waals surface area contributed by atoms with Gasteiger partial charge in [0.25, 0.3) is 0 Å². The lowest BCUT2D eigenvalue weighted by Crippen LogP contribution is -2.04. The van der Waals surface area contributed by atoms with E-state index in [1.54, 1.807) is 0 Å². The summed E-state index contributed by atoms with van der Waals surface area (Å²) in [5.74, 6) is 0.826. The summed E-state index contributed by atoms with van der Waals surface area (Å²) in [7, 11) is 0.